The van der Waals surface area contributed by atoms with Gasteiger partial charge >= 0.3 is 0 Å². The van der Waals surface area contributed by atoms with Crippen molar-refractivity contribution in [2.75, 3.05) is 5.32 Å². The number of nitriles is 2. The molecule has 0 saturated heterocycles. The molecule has 124 valence electrons. The van der Waals surface area contributed by atoms with Gasteiger partial charge in [0.25, 0.3) is 0 Å². The van der Waals surface area contributed by atoms with Crippen molar-refractivity contribution in [2.24, 2.45) is 0 Å². The Labute approximate surface area is 149 Å². The van der Waals surface area contributed by atoms with E-state index in [1.54, 1.807) is 0 Å². The Hall–Kier alpha value is -3.70. The zero-order chi connectivity index (χ0) is 17.8. The quantitative estimate of drug-likeness (QED) is 0.775. The van der Waals surface area contributed by atoms with Gasteiger partial charge in [-0.2, -0.15) is 10.5 Å². The number of nitrogens with zero attached hydrogens (tertiary/aromatic N) is 3. The van der Waals surface area contributed by atoms with Gasteiger partial charge in [-0.1, -0.05) is 36.5 Å². The summed E-state index contributed by atoms with van der Waals surface area (Å²) in [5.74, 6) is 0.00999. The molecule has 5 rings (SSSR count). The molecule has 1 aromatic heterocycles. The molecule has 0 spiro atoms. The van der Waals surface area contributed by atoms with E-state index < -0.39 is 0 Å². The lowest BCUT2D eigenvalue weighted by molar-refractivity contribution is 0.479. The van der Waals surface area contributed by atoms with Crippen molar-refractivity contribution in [3.05, 3.63) is 58.2 Å². The summed E-state index contributed by atoms with van der Waals surface area (Å²) in [6.45, 7) is 0.182. The maximum absolute atomic E-state index is 11.0. The highest BCUT2D eigenvalue weighted by Gasteiger charge is 2.30. The minimum Gasteiger partial charge on any atom is -0.506 e. The molecular formula is C21H14N4O. The molecule has 2 aromatic rings. The summed E-state index contributed by atoms with van der Waals surface area (Å²) in [6.07, 6.45) is 14.5. The van der Waals surface area contributed by atoms with Gasteiger partial charge in [-0.25, -0.2) is 0 Å². The SMILES string of the molecule is N#CCn1c2c(c3c(O)c(C#N)c4c(c31)NC1C=CC=CC=41)CC=CC=2. The number of hydrogen-bond acceptors (Lipinski definition) is 4. The highest BCUT2D eigenvalue weighted by Crippen LogP contribution is 2.38. The lowest BCUT2D eigenvalue weighted by Gasteiger charge is -2.13. The summed E-state index contributed by atoms with van der Waals surface area (Å²) >= 11 is 0. The molecule has 0 fully saturated rings. The summed E-state index contributed by atoms with van der Waals surface area (Å²) in [7, 11) is 0. The standard InChI is InChI=1S/C21H14N4O/c22-9-10-25-16-8-4-2-6-13(16)18-20(25)19-17(14(11-23)21(18)26)12-5-1-3-7-15(12)24-19/h1-5,7-8,15,24,26H,6,10H2. The van der Waals surface area contributed by atoms with Crippen molar-refractivity contribution < 1.29 is 5.11 Å². The van der Waals surface area contributed by atoms with Gasteiger partial charge in [-0.3, -0.25) is 0 Å². The lowest BCUT2D eigenvalue weighted by atomic mass is 9.97. The molecule has 26 heavy (non-hydrogen) atoms. The molecule has 0 saturated carbocycles. The number of allylic oxidation sites excluding steroid dienone is 4. The van der Waals surface area contributed by atoms with Crippen LogP contribution in [0.15, 0.2) is 36.5 Å². The lowest BCUT2D eigenvalue weighted by Crippen LogP contribution is -2.20. The van der Waals surface area contributed by atoms with E-state index in [1.807, 2.05) is 47.1 Å². The zero-order valence-electron chi connectivity index (χ0n) is 13.8. The predicted octanol–water partition coefficient (Wildman–Crippen LogP) is 1.71. The van der Waals surface area contributed by atoms with Crippen LogP contribution in [-0.4, -0.2) is 15.7 Å². The summed E-state index contributed by atoms with van der Waals surface area (Å²) in [6, 6.07) is 4.39. The highest BCUT2D eigenvalue weighted by molar-refractivity contribution is 6.04. The smallest absolute Gasteiger partial charge is 0.143 e. The van der Waals surface area contributed by atoms with E-state index in [4.69, 9.17) is 0 Å². The van der Waals surface area contributed by atoms with Crippen LogP contribution in [0.1, 0.15) is 11.1 Å². The summed E-state index contributed by atoms with van der Waals surface area (Å²) < 4.78 is 1.94. The van der Waals surface area contributed by atoms with Crippen LogP contribution in [0.3, 0.4) is 0 Å². The summed E-state index contributed by atoms with van der Waals surface area (Å²) in [5.41, 5.74) is 3.85. The first-order valence-electron chi connectivity index (χ1n) is 8.45. The fraction of sp³-hybridized carbons (Fsp3) is 0.143. The fourth-order valence-electron chi connectivity index (χ4n) is 4.27. The van der Waals surface area contributed by atoms with Gasteiger partial charge < -0.3 is 15.0 Å². The summed E-state index contributed by atoms with van der Waals surface area (Å²) in [5, 5.41) is 36.0. The van der Waals surface area contributed by atoms with E-state index in [9.17, 15) is 15.6 Å². The van der Waals surface area contributed by atoms with Gasteiger partial charge in [0.1, 0.15) is 23.9 Å². The van der Waals surface area contributed by atoms with Crippen LogP contribution in [0.5, 0.6) is 5.75 Å². The van der Waals surface area contributed by atoms with Crippen molar-refractivity contribution in [3.8, 4) is 17.9 Å². The Morgan fingerprint density at radius 1 is 1.27 bits per heavy atom. The van der Waals surface area contributed by atoms with Crippen LogP contribution in [-0.2, 0) is 13.0 Å². The van der Waals surface area contributed by atoms with Crippen LogP contribution in [0, 0.1) is 22.7 Å². The van der Waals surface area contributed by atoms with Crippen LogP contribution in [0.2, 0.25) is 0 Å². The van der Waals surface area contributed by atoms with Crippen molar-refractivity contribution in [1.29, 1.82) is 10.5 Å². The van der Waals surface area contributed by atoms with Gasteiger partial charge in [-0.05, 0) is 23.6 Å². The average Bonchev–Trinajstić information content (AvgIpc) is 3.20. The second kappa shape index (κ2) is 5.15. The van der Waals surface area contributed by atoms with Gasteiger partial charge in [0.2, 0.25) is 0 Å². The van der Waals surface area contributed by atoms with Gasteiger partial charge in [0.15, 0.2) is 0 Å². The number of benzene rings is 1. The number of nitrogens with one attached hydrogen (secondary N) is 1. The normalized spacial score (nSPS) is 18.5. The van der Waals surface area contributed by atoms with E-state index in [0.717, 1.165) is 32.9 Å². The molecule has 0 amide bonds. The number of phenols is 1. The minimum atomic E-state index is -0.0309. The second-order valence-corrected chi connectivity index (χ2v) is 6.54. The van der Waals surface area contributed by atoms with Crippen molar-refractivity contribution >= 4 is 28.2 Å². The maximum Gasteiger partial charge on any atom is 0.143 e. The molecule has 2 heterocycles. The third-order valence-electron chi connectivity index (χ3n) is 5.29. The molecule has 2 N–H and O–H groups in total. The molecule has 5 heteroatoms. The number of rotatable bonds is 1. The Kier molecular flexibility index (Phi) is 2.90. The average molecular weight is 338 g/mol. The molecule has 1 aromatic carbocycles. The van der Waals surface area contributed by atoms with E-state index in [0.29, 0.717) is 17.4 Å². The Bertz CT molecular complexity index is 1290. The number of phenolic OH excluding ortho intramolecular Hbond substituents is 1. The first kappa shape index (κ1) is 14.6. The molecule has 0 radical (unpaired) electrons. The molecule has 1 unspecified atom stereocenters. The molecule has 2 aliphatic carbocycles. The van der Waals surface area contributed by atoms with Crippen LogP contribution in [0.25, 0.3) is 22.6 Å². The first-order valence-corrected chi connectivity index (χ1v) is 8.45. The molecule has 5 nitrogen and oxygen atoms in total. The molecular weight excluding hydrogens is 324 g/mol. The second-order valence-electron chi connectivity index (χ2n) is 6.54. The molecule has 1 aliphatic heterocycles. The molecule has 3 aliphatic rings. The Morgan fingerprint density at radius 2 is 2.15 bits per heavy atom. The number of fused-ring (bicyclic) bond motifs is 6. The van der Waals surface area contributed by atoms with E-state index in [2.05, 4.69) is 17.5 Å². The Balaban J connectivity index is 2.06. The molecule has 0 bridgehead atoms. The van der Waals surface area contributed by atoms with E-state index >= 15 is 0 Å². The minimum absolute atomic E-state index is 0.00999. The van der Waals surface area contributed by atoms with Crippen LogP contribution in [0.4, 0.5) is 5.69 Å². The Morgan fingerprint density at radius 3 is 2.96 bits per heavy atom. The van der Waals surface area contributed by atoms with Gasteiger partial charge in [0.05, 0.1) is 23.3 Å². The number of hydrogen-bond donors (Lipinski definition) is 2. The fourth-order valence-corrected chi connectivity index (χ4v) is 4.27. The predicted molar refractivity (Wildman–Crippen MR) is 99.6 cm³/mol. The van der Waals surface area contributed by atoms with Crippen molar-refractivity contribution in [2.45, 2.75) is 19.0 Å². The van der Waals surface area contributed by atoms with Crippen LogP contribution < -0.4 is 15.9 Å². The topological polar surface area (TPSA) is 84.8 Å². The number of anilines is 1. The van der Waals surface area contributed by atoms with Gasteiger partial charge in [0, 0.05) is 16.0 Å². The number of aromatic nitrogens is 1. The maximum atomic E-state index is 11.0. The van der Waals surface area contributed by atoms with Crippen LogP contribution >= 0.6 is 0 Å². The zero-order valence-corrected chi connectivity index (χ0v) is 13.8. The van der Waals surface area contributed by atoms with Crippen molar-refractivity contribution in [1.82, 2.24) is 4.57 Å². The van der Waals surface area contributed by atoms with Crippen molar-refractivity contribution in [3.63, 3.8) is 0 Å². The summed E-state index contributed by atoms with van der Waals surface area (Å²) in [4.78, 5) is 0. The third kappa shape index (κ3) is 1.67. The van der Waals surface area contributed by atoms with E-state index in [1.165, 1.54) is 0 Å². The van der Waals surface area contributed by atoms with E-state index in [-0.39, 0.29) is 18.3 Å². The highest BCUT2D eigenvalue weighted by atomic mass is 16.3. The monoisotopic (exact) mass is 338 g/mol. The molecule has 1 atom stereocenters. The number of aromatic hydroxyl groups is 1. The first-order chi connectivity index (χ1) is 12.8. The largest absolute Gasteiger partial charge is 0.506 e. The van der Waals surface area contributed by atoms with Gasteiger partial charge in [-0.15, -0.1) is 0 Å². The third-order valence-corrected chi connectivity index (χ3v) is 5.29.